The minimum atomic E-state index is -5.10. The largest absolute Gasteiger partial charge is 0.573 e. The van der Waals surface area contributed by atoms with E-state index < -0.39 is 29.8 Å². The molecule has 0 spiro atoms. The van der Waals surface area contributed by atoms with E-state index in [1.165, 1.54) is 6.07 Å². The molecule has 3 aromatic rings. The molecule has 5 rings (SSSR count). The van der Waals surface area contributed by atoms with Gasteiger partial charge in [-0.25, -0.2) is 0 Å². The van der Waals surface area contributed by atoms with Gasteiger partial charge in [0.2, 0.25) is 0 Å². The smallest absolute Gasteiger partial charge is 0.405 e. The molecule has 0 bridgehead atoms. The van der Waals surface area contributed by atoms with Crippen LogP contribution in [0.4, 0.5) is 26.3 Å². The summed E-state index contributed by atoms with van der Waals surface area (Å²) in [5, 5.41) is 0. The SMILES string of the molecule is CN1CCc2cccc3c2[C@H]1Cc1cccc(-c2c(OC(F)(F)F)cccc2OC(F)(F)F)c1-3. The summed E-state index contributed by atoms with van der Waals surface area (Å²) in [6.07, 6.45) is -8.80. The monoisotopic (exact) mass is 479 g/mol. The first-order valence-electron chi connectivity index (χ1n) is 10.6. The quantitative estimate of drug-likeness (QED) is 0.382. The molecule has 1 heterocycles. The second-order valence-electron chi connectivity index (χ2n) is 8.39. The van der Waals surface area contributed by atoms with Crippen LogP contribution in [0.5, 0.6) is 11.5 Å². The van der Waals surface area contributed by atoms with E-state index in [0.717, 1.165) is 53.4 Å². The minimum Gasteiger partial charge on any atom is -0.405 e. The average Bonchev–Trinajstić information content (AvgIpc) is 2.74. The molecule has 0 saturated carbocycles. The number of nitrogens with zero attached hydrogens (tertiary/aromatic N) is 1. The Morgan fingerprint density at radius 2 is 1.29 bits per heavy atom. The van der Waals surface area contributed by atoms with Crippen molar-refractivity contribution in [1.82, 2.24) is 4.90 Å². The molecule has 178 valence electrons. The van der Waals surface area contributed by atoms with Crippen LogP contribution in [-0.2, 0) is 12.8 Å². The average molecular weight is 479 g/mol. The fourth-order valence-electron chi connectivity index (χ4n) is 5.07. The van der Waals surface area contributed by atoms with Crippen LogP contribution >= 0.6 is 0 Å². The lowest BCUT2D eigenvalue weighted by atomic mass is 9.75. The van der Waals surface area contributed by atoms with Crippen molar-refractivity contribution in [3.8, 4) is 33.8 Å². The molecule has 3 nitrogen and oxygen atoms in total. The number of hydrogen-bond donors (Lipinski definition) is 0. The molecule has 0 saturated heterocycles. The number of hydrogen-bond acceptors (Lipinski definition) is 3. The number of fused-ring (bicyclic) bond motifs is 2. The molecule has 1 atom stereocenters. The van der Waals surface area contributed by atoms with E-state index >= 15 is 0 Å². The molecule has 0 fully saturated rings. The van der Waals surface area contributed by atoms with Crippen molar-refractivity contribution in [3.63, 3.8) is 0 Å². The third kappa shape index (κ3) is 4.09. The highest BCUT2D eigenvalue weighted by Gasteiger charge is 2.38. The Morgan fingerprint density at radius 1 is 0.735 bits per heavy atom. The summed E-state index contributed by atoms with van der Waals surface area (Å²) in [5.41, 5.74) is 4.21. The van der Waals surface area contributed by atoms with Gasteiger partial charge in [0.05, 0.1) is 5.56 Å². The molecule has 0 N–H and O–H groups in total. The third-order valence-corrected chi connectivity index (χ3v) is 6.34. The Labute approximate surface area is 191 Å². The molecule has 9 heteroatoms. The van der Waals surface area contributed by atoms with Gasteiger partial charge >= 0.3 is 12.7 Å². The summed E-state index contributed by atoms with van der Waals surface area (Å²) >= 11 is 0. The highest BCUT2D eigenvalue weighted by Crippen LogP contribution is 2.52. The minimum absolute atomic E-state index is 0.0789. The first kappa shape index (κ1) is 22.6. The highest BCUT2D eigenvalue weighted by atomic mass is 19.4. The molecular weight excluding hydrogens is 460 g/mol. The van der Waals surface area contributed by atoms with Gasteiger partial charge in [0, 0.05) is 12.6 Å². The number of alkyl halides is 6. The first-order valence-corrected chi connectivity index (χ1v) is 10.6. The second kappa shape index (κ2) is 7.94. The van der Waals surface area contributed by atoms with E-state index in [0.29, 0.717) is 12.0 Å². The molecule has 3 aromatic carbocycles. The van der Waals surface area contributed by atoms with Crippen molar-refractivity contribution in [2.24, 2.45) is 0 Å². The molecule has 0 radical (unpaired) electrons. The topological polar surface area (TPSA) is 21.7 Å². The maximum Gasteiger partial charge on any atom is 0.573 e. The number of benzene rings is 3. The van der Waals surface area contributed by atoms with Crippen molar-refractivity contribution in [2.75, 3.05) is 13.6 Å². The van der Waals surface area contributed by atoms with Crippen molar-refractivity contribution in [2.45, 2.75) is 31.6 Å². The highest BCUT2D eigenvalue weighted by molar-refractivity contribution is 5.93. The number of halogens is 6. The van der Waals surface area contributed by atoms with Gasteiger partial charge < -0.3 is 9.47 Å². The van der Waals surface area contributed by atoms with Crippen LogP contribution in [0, 0.1) is 0 Å². The fraction of sp³-hybridized carbons (Fsp3) is 0.280. The Hall–Kier alpha value is -3.20. The summed E-state index contributed by atoms with van der Waals surface area (Å²) in [4.78, 5) is 2.22. The lowest BCUT2D eigenvalue weighted by Crippen LogP contribution is -2.35. The number of rotatable bonds is 3. The fourth-order valence-corrected chi connectivity index (χ4v) is 5.07. The van der Waals surface area contributed by atoms with Crippen LogP contribution in [-0.4, -0.2) is 31.2 Å². The summed E-state index contributed by atoms with van der Waals surface area (Å²) in [7, 11) is 2.01. The zero-order valence-electron chi connectivity index (χ0n) is 17.9. The summed E-state index contributed by atoms with van der Waals surface area (Å²) < 4.78 is 87.5. The van der Waals surface area contributed by atoms with E-state index in [1.807, 2.05) is 31.3 Å². The van der Waals surface area contributed by atoms with Crippen molar-refractivity contribution in [3.05, 3.63) is 71.3 Å². The van der Waals surface area contributed by atoms with Gasteiger partial charge in [-0.05, 0) is 65.4 Å². The molecule has 2 aliphatic rings. The van der Waals surface area contributed by atoms with E-state index in [9.17, 15) is 26.3 Å². The molecular formula is C25H19F6NO2. The Kier molecular flexibility index (Phi) is 5.27. The maximum absolute atomic E-state index is 13.2. The number of likely N-dealkylation sites (N-methyl/N-ethyl adjacent to an activating group) is 1. The Morgan fingerprint density at radius 3 is 1.91 bits per heavy atom. The summed E-state index contributed by atoms with van der Waals surface area (Å²) in [5.74, 6) is -1.52. The first-order chi connectivity index (χ1) is 16.0. The molecule has 0 unspecified atom stereocenters. The molecule has 1 aliphatic heterocycles. The van der Waals surface area contributed by atoms with Gasteiger partial charge in [0.1, 0.15) is 11.5 Å². The molecule has 0 aromatic heterocycles. The van der Waals surface area contributed by atoms with Crippen LogP contribution in [0.15, 0.2) is 54.6 Å². The number of ether oxygens (including phenoxy) is 2. The van der Waals surface area contributed by atoms with E-state index in [4.69, 9.17) is 0 Å². The van der Waals surface area contributed by atoms with E-state index in [1.54, 1.807) is 6.07 Å². The molecule has 0 amide bonds. The normalized spacial score (nSPS) is 17.7. The predicted molar refractivity (Wildman–Crippen MR) is 113 cm³/mol. The second-order valence-corrected chi connectivity index (χ2v) is 8.39. The Balaban J connectivity index is 1.78. The zero-order valence-corrected chi connectivity index (χ0v) is 17.9. The Bertz CT molecular complexity index is 1220. The lowest BCUT2D eigenvalue weighted by Gasteiger charge is -2.40. The molecule has 34 heavy (non-hydrogen) atoms. The maximum atomic E-state index is 13.2. The van der Waals surface area contributed by atoms with Crippen molar-refractivity contribution < 1.29 is 35.8 Å². The lowest BCUT2D eigenvalue weighted by molar-refractivity contribution is -0.276. The van der Waals surface area contributed by atoms with Crippen LogP contribution in [0.3, 0.4) is 0 Å². The van der Waals surface area contributed by atoms with Gasteiger partial charge in [-0.2, -0.15) is 0 Å². The van der Waals surface area contributed by atoms with Crippen LogP contribution < -0.4 is 9.47 Å². The standard InChI is InChI=1S/C25H19F6NO2/c1-32-12-11-14-5-2-7-16-21-15(13-18(32)22(14)16)6-3-8-17(21)23-19(33-24(26,27)28)9-4-10-20(23)34-25(29,30)31/h2-10,18H,11-13H2,1H3/t18-/m1/s1. The predicted octanol–water partition coefficient (Wildman–Crippen LogP) is 6.90. The van der Waals surface area contributed by atoms with Crippen molar-refractivity contribution >= 4 is 0 Å². The van der Waals surface area contributed by atoms with Gasteiger partial charge in [0.25, 0.3) is 0 Å². The van der Waals surface area contributed by atoms with Gasteiger partial charge in [-0.3, -0.25) is 4.90 Å². The van der Waals surface area contributed by atoms with Crippen LogP contribution in [0.2, 0.25) is 0 Å². The molecule has 1 aliphatic carbocycles. The zero-order chi connectivity index (χ0) is 24.3. The van der Waals surface area contributed by atoms with Gasteiger partial charge in [-0.15, -0.1) is 26.3 Å². The van der Waals surface area contributed by atoms with E-state index in [-0.39, 0.29) is 11.6 Å². The van der Waals surface area contributed by atoms with Gasteiger partial charge in [-0.1, -0.05) is 42.5 Å². The van der Waals surface area contributed by atoms with E-state index in [2.05, 4.69) is 14.4 Å². The van der Waals surface area contributed by atoms with Crippen LogP contribution in [0.25, 0.3) is 22.3 Å². The summed E-state index contributed by atoms with van der Waals surface area (Å²) in [6, 6.07) is 13.8. The van der Waals surface area contributed by atoms with Gasteiger partial charge in [0.15, 0.2) is 0 Å². The third-order valence-electron chi connectivity index (χ3n) is 6.34. The van der Waals surface area contributed by atoms with Crippen molar-refractivity contribution in [1.29, 1.82) is 0 Å². The van der Waals surface area contributed by atoms with Crippen LogP contribution in [0.1, 0.15) is 22.7 Å². The summed E-state index contributed by atoms with van der Waals surface area (Å²) in [6.45, 7) is 0.863.